The average molecular weight is 380 g/mol. The van der Waals surface area contributed by atoms with E-state index >= 15 is 0 Å². The standard InChI is InChI=1S/C17H18BrNO2S/c1-3-21-14-6-4-5-13(11-14)12(2)19-17(20)10-8-15-7-9-16(18)22-15/h4-12H,3H2,1-2H3,(H,19,20)/b10-8+. The van der Waals surface area contributed by atoms with Crippen LogP contribution in [0.15, 0.2) is 46.3 Å². The Morgan fingerprint density at radius 1 is 1.41 bits per heavy atom. The van der Waals surface area contributed by atoms with Gasteiger partial charge in [0.1, 0.15) is 5.75 Å². The number of amides is 1. The third kappa shape index (κ3) is 5.00. The van der Waals surface area contributed by atoms with Gasteiger partial charge in [-0.25, -0.2) is 0 Å². The van der Waals surface area contributed by atoms with Crippen molar-refractivity contribution in [1.29, 1.82) is 0 Å². The van der Waals surface area contributed by atoms with Gasteiger partial charge < -0.3 is 10.1 Å². The van der Waals surface area contributed by atoms with Gasteiger partial charge in [-0.1, -0.05) is 12.1 Å². The highest BCUT2D eigenvalue weighted by Gasteiger charge is 2.08. The van der Waals surface area contributed by atoms with E-state index < -0.39 is 0 Å². The van der Waals surface area contributed by atoms with Crippen LogP contribution < -0.4 is 10.1 Å². The number of benzene rings is 1. The van der Waals surface area contributed by atoms with Gasteiger partial charge in [-0.2, -0.15) is 0 Å². The summed E-state index contributed by atoms with van der Waals surface area (Å²) >= 11 is 4.99. The summed E-state index contributed by atoms with van der Waals surface area (Å²) in [5.74, 6) is 0.707. The van der Waals surface area contributed by atoms with Crippen molar-refractivity contribution in [3.63, 3.8) is 0 Å². The van der Waals surface area contributed by atoms with Crippen LogP contribution in [0.25, 0.3) is 6.08 Å². The lowest BCUT2D eigenvalue weighted by atomic mass is 10.1. The third-order valence-corrected chi connectivity index (χ3v) is 4.61. The van der Waals surface area contributed by atoms with Gasteiger partial charge >= 0.3 is 0 Å². The number of ether oxygens (including phenoxy) is 1. The molecule has 2 rings (SSSR count). The van der Waals surface area contributed by atoms with Crippen molar-refractivity contribution in [2.24, 2.45) is 0 Å². The molecule has 0 bridgehead atoms. The molecule has 1 aromatic carbocycles. The molecule has 1 amide bonds. The van der Waals surface area contributed by atoms with E-state index in [0.717, 1.165) is 20.0 Å². The lowest BCUT2D eigenvalue weighted by Crippen LogP contribution is -2.24. The molecule has 0 radical (unpaired) electrons. The van der Waals surface area contributed by atoms with E-state index in [0.29, 0.717) is 6.61 Å². The van der Waals surface area contributed by atoms with Crippen LogP contribution in [0.5, 0.6) is 5.75 Å². The van der Waals surface area contributed by atoms with Gasteiger partial charge in [0.2, 0.25) is 5.91 Å². The quantitative estimate of drug-likeness (QED) is 0.731. The van der Waals surface area contributed by atoms with Gasteiger partial charge in [0.15, 0.2) is 0 Å². The molecule has 0 aliphatic rings. The predicted molar refractivity (Wildman–Crippen MR) is 95.2 cm³/mol. The lowest BCUT2D eigenvalue weighted by Gasteiger charge is -2.14. The first-order chi connectivity index (χ1) is 10.6. The Balaban J connectivity index is 1.96. The Morgan fingerprint density at radius 3 is 2.91 bits per heavy atom. The molecule has 1 atom stereocenters. The highest BCUT2D eigenvalue weighted by atomic mass is 79.9. The summed E-state index contributed by atoms with van der Waals surface area (Å²) < 4.78 is 6.53. The van der Waals surface area contributed by atoms with Crippen LogP contribution in [0.2, 0.25) is 0 Å². The molecule has 0 saturated carbocycles. The topological polar surface area (TPSA) is 38.3 Å². The number of thiophene rings is 1. The largest absolute Gasteiger partial charge is 0.494 e. The molecule has 0 aliphatic heterocycles. The number of nitrogens with one attached hydrogen (secondary N) is 1. The average Bonchev–Trinajstić information content (AvgIpc) is 2.91. The minimum absolute atomic E-state index is 0.0763. The molecule has 0 saturated heterocycles. The van der Waals surface area contributed by atoms with Crippen molar-refractivity contribution in [1.82, 2.24) is 5.32 Å². The summed E-state index contributed by atoms with van der Waals surface area (Å²) in [6, 6.07) is 11.6. The van der Waals surface area contributed by atoms with Crippen LogP contribution in [0.4, 0.5) is 0 Å². The smallest absolute Gasteiger partial charge is 0.244 e. The van der Waals surface area contributed by atoms with Crippen molar-refractivity contribution in [3.8, 4) is 5.75 Å². The normalized spacial score (nSPS) is 12.3. The number of hydrogen-bond acceptors (Lipinski definition) is 3. The van der Waals surface area contributed by atoms with Crippen molar-refractivity contribution in [3.05, 3.63) is 56.7 Å². The van der Waals surface area contributed by atoms with E-state index in [4.69, 9.17) is 4.74 Å². The highest BCUT2D eigenvalue weighted by Crippen LogP contribution is 2.23. The van der Waals surface area contributed by atoms with Gasteiger partial charge in [-0.3, -0.25) is 4.79 Å². The second kappa shape index (κ2) is 8.15. The SMILES string of the molecule is CCOc1cccc(C(C)NC(=O)/C=C/c2ccc(Br)s2)c1. The van der Waals surface area contributed by atoms with Crippen LogP contribution in [-0.2, 0) is 4.79 Å². The van der Waals surface area contributed by atoms with Crippen molar-refractivity contribution < 1.29 is 9.53 Å². The summed E-state index contributed by atoms with van der Waals surface area (Å²) in [5.41, 5.74) is 1.02. The Labute approximate surface area is 143 Å². The monoisotopic (exact) mass is 379 g/mol. The molecule has 3 nitrogen and oxygen atoms in total. The molecule has 0 aliphatic carbocycles. The molecule has 0 spiro atoms. The molecular formula is C17H18BrNO2S. The van der Waals surface area contributed by atoms with E-state index in [9.17, 15) is 4.79 Å². The zero-order chi connectivity index (χ0) is 15.9. The van der Waals surface area contributed by atoms with E-state index in [1.807, 2.05) is 56.3 Å². The molecule has 1 unspecified atom stereocenters. The molecule has 1 N–H and O–H groups in total. The number of halogens is 1. The van der Waals surface area contributed by atoms with Crippen molar-refractivity contribution in [2.75, 3.05) is 6.61 Å². The summed E-state index contributed by atoms with van der Waals surface area (Å²) in [6.07, 6.45) is 3.37. The number of carbonyl (C=O) groups excluding carboxylic acids is 1. The second-order valence-corrected chi connectivity index (χ2v) is 7.21. The van der Waals surface area contributed by atoms with Gasteiger partial charge in [0.05, 0.1) is 16.4 Å². The van der Waals surface area contributed by atoms with Crippen molar-refractivity contribution >= 4 is 39.2 Å². The van der Waals surface area contributed by atoms with Crippen LogP contribution in [-0.4, -0.2) is 12.5 Å². The zero-order valence-corrected chi connectivity index (χ0v) is 14.9. The molecule has 1 heterocycles. The Kier molecular flexibility index (Phi) is 6.21. The fourth-order valence-electron chi connectivity index (χ4n) is 1.96. The summed E-state index contributed by atoms with van der Waals surface area (Å²) in [4.78, 5) is 13.0. The summed E-state index contributed by atoms with van der Waals surface area (Å²) in [5, 5.41) is 2.95. The summed E-state index contributed by atoms with van der Waals surface area (Å²) in [6.45, 7) is 4.54. The molecule has 1 aromatic heterocycles. The van der Waals surface area contributed by atoms with Gasteiger partial charge in [0, 0.05) is 11.0 Å². The molecule has 5 heteroatoms. The van der Waals surface area contributed by atoms with Gasteiger partial charge in [0.25, 0.3) is 0 Å². The van der Waals surface area contributed by atoms with Crippen molar-refractivity contribution in [2.45, 2.75) is 19.9 Å². The van der Waals surface area contributed by atoms with Crippen LogP contribution in [0, 0.1) is 0 Å². The number of rotatable bonds is 6. The molecular weight excluding hydrogens is 362 g/mol. The summed E-state index contributed by atoms with van der Waals surface area (Å²) in [7, 11) is 0. The molecule has 116 valence electrons. The first-order valence-corrected chi connectivity index (χ1v) is 8.66. The zero-order valence-electron chi connectivity index (χ0n) is 12.5. The van der Waals surface area contributed by atoms with E-state index in [-0.39, 0.29) is 11.9 Å². The minimum Gasteiger partial charge on any atom is -0.494 e. The molecule has 22 heavy (non-hydrogen) atoms. The maximum absolute atomic E-state index is 12.0. The minimum atomic E-state index is -0.112. The Morgan fingerprint density at radius 2 is 2.23 bits per heavy atom. The van der Waals surface area contributed by atoms with Crippen LogP contribution in [0.1, 0.15) is 30.3 Å². The third-order valence-electron chi connectivity index (χ3n) is 3.02. The lowest BCUT2D eigenvalue weighted by molar-refractivity contribution is -0.117. The highest BCUT2D eigenvalue weighted by molar-refractivity contribution is 9.11. The van der Waals surface area contributed by atoms with Gasteiger partial charge in [-0.05, 0) is 65.7 Å². The number of carbonyl (C=O) groups is 1. The van der Waals surface area contributed by atoms with Crippen LogP contribution >= 0.6 is 27.3 Å². The first kappa shape index (κ1) is 16.8. The van der Waals surface area contributed by atoms with Gasteiger partial charge in [-0.15, -0.1) is 11.3 Å². The maximum atomic E-state index is 12.0. The second-order valence-electron chi connectivity index (χ2n) is 4.71. The number of hydrogen-bond donors (Lipinski definition) is 1. The Hall–Kier alpha value is -1.59. The molecule has 0 fully saturated rings. The predicted octanol–water partition coefficient (Wildman–Crippen LogP) is 4.80. The maximum Gasteiger partial charge on any atom is 0.244 e. The fraction of sp³-hybridized carbons (Fsp3) is 0.235. The molecule has 2 aromatic rings. The Bertz CT molecular complexity index is 666. The fourth-order valence-corrected chi connectivity index (χ4v) is 3.29. The first-order valence-electron chi connectivity index (χ1n) is 7.05. The van der Waals surface area contributed by atoms with E-state index in [1.165, 1.54) is 0 Å². The van der Waals surface area contributed by atoms with E-state index in [2.05, 4.69) is 21.2 Å². The van der Waals surface area contributed by atoms with E-state index in [1.54, 1.807) is 17.4 Å². The van der Waals surface area contributed by atoms with Crippen LogP contribution in [0.3, 0.4) is 0 Å².